The van der Waals surface area contributed by atoms with E-state index in [1.165, 1.54) is 5.56 Å². The molecule has 2 N–H and O–H groups in total. The maximum Gasteiger partial charge on any atom is 0.161 e. The molecule has 0 fully saturated rings. The molecule has 0 aliphatic heterocycles. The minimum atomic E-state index is 0.0961. The van der Waals surface area contributed by atoms with Crippen LogP contribution in [0.4, 0.5) is 0 Å². The van der Waals surface area contributed by atoms with Gasteiger partial charge in [-0.05, 0) is 29.9 Å². The normalized spacial score (nSPS) is 12.7. The van der Waals surface area contributed by atoms with E-state index >= 15 is 0 Å². The molecule has 112 valence electrons. The van der Waals surface area contributed by atoms with Gasteiger partial charge in [0, 0.05) is 12.5 Å². The Morgan fingerprint density at radius 3 is 2.30 bits per heavy atom. The topological polar surface area (TPSA) is 52.3 Å². The average Bonchev–Trinajstić information content (AvgIpc) is 2.43. The second-order valence-corrected chi connectivity index (χ2v) is 5.82. The number of Topliss-reactive ketones (excluding diaryl/α,β-unsaturated/α-hetero) is 1. The smallest absolute Gasteiger partial charge is 0.161 e. The van der Waals surface area contributed by atoms with Crippen molar-refractivity contribution >= 4 is 5.78 Å². The molecule has 3 nitrogen and oxygen atoms in total. The van der Waals surface area contributed by atoms with Crippen LogP contribution in [0, 0.1) is 11.8 Å². The number of hydrogen-bond acceptors (Lipinski definition) is 3. The average molecular weight is 277 g/mol. The van der Waals surface area contributed by atoms with Gasteiger partial charge < -0.3 is 10.5 Å². The first-order valence-corrected chi connectivity index (χ1v) is 7.41. The van der Waals surface area contributed by atoms with Crippen LogP contribution in [-0.4, -0.2) is 19.0 Å². The Labute approximate surface area is 122 Å². The molecule has 1 rings (SSSR count). The van der Waals surface area contributed by atoms with E-state index in [-0.39, 0.29) is 18.3 Å². The first kappa shape index (κ1) is 16.9. The van der Waals surface area contributed by atoms with E-state index in [9.17, 15) is 4.79 Å². The molecular formula is C17H27NO2. The lowest BCUT2D eigenvalue weighted by atomic mass is 9.95. The molecular weight excluding hydrogens is 250 g/mol. The third-order valence-corrected chi connectivity index (χ3v) is 3.41. The molecule has 3 heteroatoms. The van der Waals surface area contributed by atoms with Gasteiger partial charge in [-0.25, -0.2) is 0 Å². The lowest BCUT2D eigenvalue weighted by molar-refractivity contribution is -0.127. The van der Waals surface area contributed by atoms with E-state index in [2.05, 4.69) is 26.0 Å². The van der Waals surface area contributed by atoms with Crippen molar-refractivity contribution < 1.29 is 9.53 Å². The van der Waals surface area contributed by atoms with Gasteiger partial charge in [0.15, 0.2) is 5.78 Å². The predicted octanol–water partition coefficient (Wildman–Crippen LogP) is 2.96. The van der Waals surface area contributed by atoms with Gasteiger partial charge in [-0.1, -0.05) is 45.0 Å². The molecule has 0 spiro atoms. The molecule has 1 aromatic carbocycles. The molecule has 0 bridgehead atoms. The monoisotopic (exact) mass is 277 g/mol. The highest BCUT2D eigenvalue weighted by molar-refractivity contribution is 5.81. The Morgan fingerprint density at radius 1 is 1.15 bits per heavy atom. The summed E-state index contributed by atoms with van der Waals surface area (Å²) < 4.78 is 5.48. The molecule has 20 heavy (non-hydrogen) atoms. The van der Waals surface area contributed by atoms with Gasteiger partial charge in [0.25, 0.3) is 0 Å². The molecule has 0 aliphatic rings. The van der Waals surface area contributed by atoms with Crippen LogP contribution in [0.25, 0.3) is 0 Å². The van der Waals surface area contributed by atoms with Crippen LogP contribution < -0.4 is 5.73 Å². The summed E-state index contributed by atoms with van der Waals surface area (Å²) in [5.41, 5.74) is 7.90. The molecule has 0 amide bonds. The highest BCUT2D eigenvalue weighted by Crippen LogP contribution is 2.12. The van der Waals surface area contributed by atoms with E-state index in [1.807, 2.05) is 19.1 Å². The van der Waals surface area contributed by atoms with E-state index in [1.54, 1.807) is 0 Å². The number of ether oxygens (including phenoxy) is 1. The SMILES string of the molecule is CC(C)C[C@@H](C)C(=O)COCCc1ccc(CN)cc1. The molecule has 0 aliphatic carbocycles. The van der Waals surface area contributed by atoms with Crippen LogP contribution in [0.3, 0.4) is 0 Å². The second kappa shape index (κ2) is 8.88. The molecule has 1 aromatic rings. The highest BCUT2D eigenvalue weighted by Gasteiger charge is 2.14. The Kier molecular flexibility index (Phi) is 7.48. The molecule has 0 unspecified atom stereocenters. The molecule has 0 radical (unpaired) electrons. The molecule has 0 saturated carbocycles. The van der Waals surface area contributed by atoms with E-state index in [0.717, 1.165) is 18.4 Å². The van der Waals surface area contributed by atoms with Crippen LogP contribution in [0.1, 0.15) is 38.3 Å². The quantitative estimate of drug-likeness (QED) is 0.706. The number of benzene rings is 1. The summed E-state index contributed by atoms with van der Waals surface area (Å²) in [7, 11) is 0. The Morgan fingerprint density at radius 2 is 1.75 bits per heavy atom. The lowest BCUT2D eigenvalue weighted by Crippen LogP contribution is -2.19. The minimum absolute atomic E-state index is 0.0961. The van der Waals surface area contributed by atoms with Crippen molar-refractivity contribution in [2.45, 2.75) is 40.2 Å². The van der Waals surface area contributed by atoms with Gasteiger partial charge >= 0.3 is 0 Å². The lowest BCUT2D eigenvalue weighted by Gasteiger charge is -2.13. The van der Waals surface area contributed by atoms with Crippen molar-refractivity contribution in [2.75, 3.05) is 13.2 Å². The zero-order chi connectivity index (χ0) is 15.0. The minimum Gasteiger partial charge on any atom is -0.373 e. The third kappa shape index (κ3) is 6.31. The Bertz CT molecular complexity index is 398. The zero-order valence-electron chi connectivity index (χ0n) is 12.9. The van der Waals surface area contributed by atoms with Crippen LogP contribution in [0.15, 0.2) is 24.3 Å². The van der Waals surface area contributed by atoms with Crippen molar-refractivity contribution in [3.8, 4) is 0 Å². The van der Waals surface area contributed by atoms with Crippen molar-refractivity contribution in [2.24, 2.45) is 17.6 Å². The fourth-order valence-electron chi connectivity index (χ4n) is 2.19. The number of hydrogen-bond donors (Lipinski definition) is 1. The van der Waals surface area contributed by atoms with Crippen LogP contribution in [-0.2, 0) is 22.5 Å². The number of carbonyl (C=O) groups is 1. The van der Waals surface area contributed by atoms with Crippen LogP contribution in [0.2, 0.25) is 0 Å². The molecule has 0 saturated heterocycles. The number of carbonyl (C=O) groups excluding carboxylic acids is 1. The van der Waals surface area contributed by atoms with Gasteiger partial charge in [0.2, 0.25) is 0 Å². The van der Waals surface area contributed by atoms with Crippen molar-refractivity contribution in [3.05, 3.63) is 35.4 Å². The molecule has 0 heterocycles. The Hall–Kier alpha value is -1.19. The predicted molar refractivity (Wildman–Crippen MR) is 82.5 cm³/mol. The maximum absolute atomic E-state index is 11.8. The van der Waals surface area contributed by atoms with E-state index < -0.39 is 0 Å². The largest absolute Gasteiger partial charge is 0.373 e. The second-order valence-electron chi connectivity index (χ2n) is 5.82. The zero-order valence-corrected chi connectivity index (χ0v) is 12.9. The Balaban J connectivity index is 2.22. The number of ketones is 1. The van der Waals surface area contributed by atoms with Crippen molar-refractivity contribution in [1.82, 2.24) is 0 Å². The van der Waals surface area contributed by atoms with Gasteiger partial charge in [-0.15, -0.1) is 0 Å². The summed E-state index contributed by atoms with van der Waals surface area (Å²) in [6.07, 6.45) is 1.76. The fraction of sp³-hybridized carbons (Fsp3) is 0.588. The first-order valence-electron chi connectivity index (χ1n) is 7.41. The van der Waals surface area contributed by atoms with E-state index in [4.69, 9.17) is 10.5 Å². The van der Waals surface area contributed by atoms with Gasteiger partial charge in [0.05, 0.1) is 6.61 Å². The van der Waals surface area contributed by atoms with Crippen molar-refractivity contribution in [3.63, 3.8) is 0 Å². The summed E-state index contributed by atoms with van der Waals surface area (Å²) in [6, 6.07) is 8.19. The summed E-state index contributed by atoms with van der Waals surface area (Å²) in [5.74, 6) is 0.853. The highest BCUT2D eigenvalue weighted by atomic mass is 16.5. The fourth-order valence-corrected chi connectivity index (χ4v) is 2.19. The third-order valence-electron chi connectivity index (χ3n) is 3.41. The summed E-state index contributed by atoms with van der Waals surface area (Å²) in [5, 5.41) is 0. The summed E-state index contributed by atoms with van der Waals surface area (Å²) >= 11 is 0. The number of nitrogens with two attached hydrogens (primary N) is 1. The summed E-state index contributed by atoms with van der Waals surface area (Å²) in [4.78, 5) is 11.8. The molecule has 1 atom stereocenters. The van der Waals surface area contributed by atoms with Gasteiger partial charge in [-0.3, -0.25) is 4.79 Å². The standard InChI is InChI=1S/C17H27NO2/c1-13(2)10-14(3)17(19)12-20-9-8-15-4-6-16(11-18)7-5-15/h4-7,13-14H,8-12,18H2,1-3H3/t14-/m1/s1. The summed E-state index contributed by atoms with van der Waals surface area (Å²) in [6.45, 7) is 7.64. The van der Waals surface area contributed by atoms with Crippen LogP contribution in [0.5, 0.6) is 0 Å². The first-order chi connectivity index (χ1) is 9.52. The van der Waals surface area contributed by atoms with Gasteiger partial charge in [0.1, 0.15) is 6.61 Å². The maximum atomic E-state index is 11.8. The van der Waals surface area contributed by atoms with E-state index in [0.29, 0.717) is 19.1 Å². The van der Waals surface area contributed by atoms with Crippen molar-refractivity contribution in [1.29, 1.82) is 0 Å². The number of rotatable bonds is 9. The van der Waals surface area contributed by atoms with Gasteiger partial charge in [-0.2, -0.15) is 0 Å². The molecule has 0 aromatic heterocycles. The van der Waals surface area contributed by atoms with Crippen LogP contribution >= 0.6 is 0 Å².